The number of hydrogen-bond acceptors (Lipinski definition) is 6. The number of rotatable bonds is 8. The fraction of sp³-hybridized carbons (Fsp3) is 0.520. The Morgan fingerprint density at radius 1 is 1.20 bits per heavy atom. The third-order valence-corrected chi connectivity index (χ3v) is 7.07. The van der Waals surface area contributed by atoms with Crippen LogP contribution in [0, 0.1) is 17.6 Å². The number of nitrogens with one attached hydrogen (secondary N) is 1. The van der Waals surface area contributed by atoms with Crippen molar-refractivity contribution in [2.24, 2.45) is 11.7 Å². The van der Waals surface area contributed by atoms with Crippen LogP contribution in [0.4, 0.5) is 13.2 Å². The van der Waals surface area contributed by atoms with Gasteiger partial charge in [0.05, 0.1) is 12.7 Å². The van der Waals surface area contributed by atoms with Crippen LogP contribution in [0.25, 0.3) is 11.0 Å². The van der Waals surface area contributed by atoms with Crippen LogP contribution in [0.3, 0.4) is 0 Å². The zero-order valence-corrected chi connectivity index (χ0v) is 20.0. The van der Waals surface area contributed by atoms with Gasteiger partial charge in [-0.1, -0.05) is 6.07 Å². The normalized spacial score (nSPS) is 22.2. The molecule has 3 aromatic rings. The van der Waals surface area contributed by atoms with Crippen molar-refractivity contribution in [1.29, 1.82) is 0 Å². The number of aromatic nitrogens is 3. The zero-order chi connectivity index (χ0) is 24.7. The monoisotopic (exact) mass is 488 g/mol. The molecule has 0 aliphatic carbocycles. The SMILES string of the molecule is CC(N)CN1C(C)Cc2c(ccc3n[nH]nc23)C1c1c(F)cc(OCCN2CC(CF)C2)cc1F. The number of halogens is 3. The van der Waals surface area contributed by atoms with E-state index in [1.54, 1.807) is 0 Å². The molecule has 2 aliphatic rings. The van der Waals surface area contributed by atoms with Crippen LogP contribution in [-0.2, 0) is 6.42 Å². The first-order chi connectivity index (χ1) is 16.9. The van der Waals surface area contributed by atoms with Crippen molar-refractivity contribution < 1.29 is 17.9 Å². The number of benzene rings is 2. The molecule has 2 aliphatic heterocycles. The van der Waals surface area contributed by atoms with Crippen molar-refractivity contribution in [2.75, 3.05) is 39.5 Å². The summed E-state index contributed by atoms with van der Waals surface area (Å²) in [5, 5.41) is 11.1. The molecule has 7 nitrogen and oxygen atoms in total. The molecule has 10 heteroatoms. The minimum atomic E-state index is -0.665. The zero-order valence-electron chi connectivity index (χ0n) is 20.0. The maximum absolute atomic E-state index is 15.6. The summed E-state index contributed by atoms with van der Waals surface area (Å²) in [4.78, 5) is 4.12. The molecular weight excluding hydrogens is 457 g/mol. The lowest BCUT2D eigenvalue weighted by Gasteiger charge is -2.43. The Hall–Kier alpha value is -2.69. The van der Waals surface area contributed by atoms with E-state index in [1.807, 2.05) is 26.0 Å². The number of H-pyrrole nitrogens is 1. The maximum Gasteiger partial charge on any atom is 0.134 e. The number of alkyl halides is 1. The van der Waals surface area contributed by atoms with Crippen molar-refractivity contribution in [3.8, 4) is 5.75 Å². The van der Waals surface area contributed by atoms with Crippen LogP contribution in [0.5, 0.6) is 5.75 Å². The number of fused-ring (bicyclic) bond motifs is 3. The molecule has 1 saturated heterocycles. The number of nitrogens with zero attached hydrogens (tertiary/aromatic N) is 4. The summed E-state index contributed by atoms with van der Waals surface area (Å²) in [6, 6.07) is 5.35. The van der Waals surface area contributed by atoms with E-state index in [0.717, 1.165) is 22.2 Å². The Balaban J connectivity index is 1.45. The van der Waals surface area contributed by atoms with E-state index < -0.39 is 17.7 Å². The van der Waals surface area contributed by atoms with Gasteiger partial charge in [0.2, 0.25) is 0 Å². The molecule has 1 fully saturated rings. The van der Waals surface area contributed by atoms with E-state index in [4.69, 9.17) is 10.5 Å². The van der Waals surface area contributed by atoms with Crippen molar-refractivity contribution in [1.82, 2.24) is 25.2 Å². The van der Waals surface area contributed by atoms with Gasteiger partial charge in [0, 0.05) is 61.9 Å². The molecule has 0 spiro atoms. The average Bonchev–Trinajstić information content (AvgIpc) is 3.26. The van der Waals surface area contributed by atoms with Gasteiger partial charge in [-0.05, 0) is 37.5 Å². The molecule has 0 bridgehead atoms. The van der Waals surface area contributed by atoms with E-state index in [-0.39, 0.29) is 42.6 Å². The minimum absolute atomic E-state index is 0.0137. The highest BCUT2D eigenvalue weighted by molar-refractivity contribution is 5.79. The average molecular weight is 489 g/mol. The maximum atomic E-state index is 15.6. The van der Waals surface area contributed by atoms with E-state index >= 15 is 8.78 Å². The topological polar surface area (TPSA) is 83.3 Å². The largest absolute Gasteiger partial charge is 0.492 e. The van der Waals surface area contributed by atoms with E-state index in [0.29, 0.717) is 32.6 Å². The van der Waals surface area contributed by atoms with Gasteiger partial charge in [-0.3, -0.25) is 14.2 Å². The van der Waals surface area contributed by atoms with Gasteiger partial charge in [0.1, 0.15) is 35.0 Å². The Morgan fingerprint density at radius 3 is 2.63 bits per heavy atom. The Labute approximate surface area is 202 Å². The second-order valence-electron chi connectivity index (χ2n) is 9.88. The molecule has 3 atom stereocenters. The highest BCUT2D eigenvalue weighted by Gasteiger charge is 2.38. The van der Waals surface area contributed by atoms with Crippen LogP contribution in [0.2, 0.25) is 0 Å². The molecule has 0 amide bonds. The van der Waals surface area contributed by atoms with E-state index in [2.05, 4.69) is 25.2 Å². The molecule has 1 aromatic heterocycles. The van der Waals surface area contributed by atoms with Crippen LogP contribution in [0.15, 0.2) is 24.3 Å². The quantitative estimate of drug-likeness (QED) is 0.507. The van der Waals surface area contributed by atoms with Crippen LogP contribution in [0.1, 0.15) is 36.6 Å². The lowest BCUT2D eigenvalue weighted by Crippen LogP contribution is -2.49. The predicted molar refractivity (Wildman–Crippen MR) is 127 cm³/mol. The number of aromatic amines is 1. The summed E-state index contributed by atoms with van der Waals surface area (Å²) in [7, 11) is 0. The fourth-order valence-electron chi connectivity index (χ4n) is 5.39. The van der Waals surface area contributed by atoms with Gasteiger partial charge >= 0.3 is 0 Å². The smallest absolute Gasteiger partial charge is 0.134 e. The van der Waals surface area contributed by atoms with Gasteiger partial charge < -0.3 is 10.5 Å². The van der Waals surface area contributed by atoms with Crippen molar-refractivity contribution in [2.45, 2.75) is 38.4 Å². The molecule has 5 rings (SSSR count). The third kappa shape index (κ3) is 4.62. The first-order valence-electron chi connectivity index (χ1n) is 12.1. The second kappa shape index (κ2) is 9.75. The summed E-state index contributed by atoms with van der Waals surface area (Å²) in [6.07, 6.45) is 0.673. The lowest BCUT2D eigenvalue weighted by atomic mass is 9.83. The van der Waals surface area contributed by atoms with Gasteiger partial charge in [-0.2, -0.15) is 15.4 Å². The number of likely N-dealkylation sites (tertiary alicyclic amines) is 1. The highest BCUT2D eigenvalue weighted by atomic mass is 19.1. The van der Waals surface area contributed by atoms with Gasteiger partial charge in [-0.25, -0.2) is 8.78 Å². The molecule has 2 aromatic carbocycles. The lowest BCUT2D eigenvalue weighted by molar-refractivity contribution is 0.0667. The summed E-state index contributed by atoms with van der Waals surface area (Å²) in [6.45, 7) is 6.33. The standard InChI is InChI=1S/C25H31F3N6O/c1-14(29)11-34-15(2)7-19-18(3-4-22-24(19)31-32-30-22)25(34)23-20(27)8-17(9-21(23)28)35-6-5-33-12-16(10-26)13-33/h3-4,8-9,14-16,25H,5-7,10-13,29H2,1-2H3,(H,30,31,32). The summed E-state index contributed by atoms with van der Waals surface area (Å²) in [5.74, 6) is -1.11. The van der Waals surface area contributed by atoms with Gasteiger partial charge in [0.25, 0.3) is 0 Å². The molecule has 3 heterocycles. The fourth-order valence-corrected chi connectivity index (χ4v) is 5.39. The summed E-state index contributed by atoms with van der Waals surface area (Å²) in [5.41, 5.74) is 9.29. The summed E-state index contributed by atoms with van der Waals surface area (Å²) < 4.78 is 49.4. The Bertz CT molecular complexity index is 1170. The van der Waals surface area contributed by atoms with Crippen LogP contribution in [-0.4, -0.2) is 76.8 Å². The predicted octanol–water partition coefficient (Wildman–Crippen LogP) is 3.20. The minimum Gasteiger partial charge on any atom is -0.492 e. The number of nitrogens with two attached hydrogens (primary N) is 1. The van der Waals surface area contributed by atoms with Crippen molar-refractivity contribution in [3.05, 3.63) is 52.6 Å². The third-order valence-electron chi connectivity index (χ3n) is 7.07. The molecule has 0 radical (unpaired) electrons. The Kier molecular flexibility index (Phi) is 6.69. The first-order valence-corrected chi connectivity index (χ1v) is 12.1. The van der Waals surface area contributed by atoms with Gasteiger partial charge in [-0.15, -0.1) is 0 Å². The number of hydrogen-bond donors (Lipinski definition) is 2. The molecule has 188 valence electrons. The van der Waals surface area contributed by atoms with E-state index in [1.165, 1.54) is 12.1 Å². The molecular formula is C25H31F3N6O. The van der Waals surface area contributed by atoms with Crippen LogP contribution < -0.4 is 10.5 Å². The van der Waals surface area contributed by atoms with E-state index in [9.17, 15) is 4.39 Å². The van der Waals surface area contributed by atoms with Crippen LogP contribution >= 0.6 is 0 Å². The first kappa shape index (κ1) is 24.0. The Morgan fingerprint density at radius 2 is 1.94 bits per heavy atom. The van der Waals surface area contributed by atoms with Gasteiger partial charge in [0.15, 0.2) is 0 Å². The molecule has 35 heavy (non-hydrogen) atoms. The summed E-state index contributed by atoms with van der Waals surface area (Å²) >= 11 is 0. The molecule has 0 saturated carbocycles. The highest BCUT2D eigenvalue weighted by Crippen LogP contribution is 2.42. The molecule has 3 unspecified atom stereocenters. The van der Waals surface area contributed by atoms with Crippen molar-refractivity contribution >= 4 is 11.0 Å². The second-order valence-corrected chi connectivity index (χ2v) is 9.88. The molecule has 3 N–H and O–H groups in total. The number of ether oxygens (including phenoxy) is 1. The van der Waals surface area contributed by atoms with Crippen molar-refractivity contribution in [3.63, 3.8) is 0 Å².